The number of hydrogen-bond acceptors (Lipinski definition) is 0. The first-order valence-corrected chi connectivity index (χ1v) is 10.1. The molecule has 5 aromatic carbocycles. The number of rotatable bonds is 1. The van der Waals surface area contributed by atoms with Crippen LogP contribution in [0.5, 0.6) is 0 Å². The predicted octanol–water partition coefficient (Wildman–Crippen LogP) is 7.71. The van der Waals surface area contributed by atoms with Crippen molar-refractivity contribution in [2.75, 3.05) is 0 Å². The summed E-state index contributed by atoms with van der Waals surface area (Å²) in [5, 5.41) is 7.75. The van der Waals surface area contributed by atoms with Gasteiger partial charge in [0, 0.05) is 21.5 Å². The molecule has 0 unspecified atom stereocenters. The molecule has 1 heterocycles. The Balaban J connectivity index is 1.92. The lowest BCUT2D eigenvalue weighted by molar-refractivity contribution is 1.21. The Kier molecular flexibility index (Phi) is 3.36. The highest BCUT2D eigenvalue weighted by atomic mass is 15.0. The van der Waals surface area contributed by atoms with E-state index in [0.29, 0.717) is 0 Å². The first-order chi connectivity index (χ1) is 14.2. The van der Waals surface area contributed by atoms with E-state index in [0.717, 1.165) is 0 Å². The van der Waals surface area contributed by atoms with Gasteiger partial charge in [0.05, 0.1) is 16.7 Å². The summed E-state index contributed by atoms with van der Waals surface area (Å²) in [5.74, 6) is 0. The molecule has 0 saturated carbocycles. The van der Waals surface area contributed by atoms with E-state index in [1.54, 1.807) is 0 Å². The Labute approximate surface area is 169 Å². The maximum atomic E-state index is 2.47. The van der Waals surface area contributed by atoms with E-state index in [1.807, 2.05) is 0 Å². The van der Waals surface area contributed by atoms with Crippen molar-refractivity contribution >= 4 is 43.4 Å². The van der Waals surface area contributed by atoms with Gasteiger partial charge in [-0.15, -0.1) is 0 Å². The van der Waals surface area contributed by atoms with Gasteiger partial charge in [-0.3, -0.25) is 0 Å². The largest absolute Gasteiger partial charge is 0.308 e. The van der Waals surface area contributed by atoms with E-state index >= 15 is 0 Å². The molecule has 0 fully saturated rings. The van der Waals surface area contributed by atoms with E-state index in [2.05, 4.69) is 109 Å². The number of fused-ring (bicyclic) bond motifs is 5. The summed E-state index contributed by atoms with van der Waals surface area (Å²) in [6, 6.07) is 33.4. The van der Waals surface area contributed by atoms with Crippen LogP contribution in [0.3, 0.4) is 0 Å². The molecule has 0 saturated heterocycles. The number of nitrogens with zero attached hydrogens (tertiary/aromatic N) is 1. The SMILES string of the molecule is Cc1ccc2c(c1)c1cc(C)ccc1n2-c1c2ccccc2cc2ccccc12. The molecule has 0 radical (unpaired) electrons. The summed E-state index contributed by atoms with van der Waals surface area (Å²) in [5.41, 5.74) is 6.38. The van der Waals surface area contributed by atoms with Crippen molar-refractivity contribution in [2.24, 2.45) is 0 Å². The molecule has 29 heavy (non-hydrogen) atoms. The molecule has 0 aliphatic rings. The number of hydrogen-bond donors (Lipinski definition) is 0. The molecule has 0 N–H and O–H groups in total. The van der Waals surface area contributed by atoms with Gasteiger partial charge in [0.2, 0.25) is 0 Å². The quantitative estimate of drug-likeness (QED) is 0.261. The van der Waals surface area contributed by atoms with E-state index in [-0.39, 0.29) is 0 Å². The van der Waals surface area contributed by atoms with Crippen molar-refractivity contribution in [3.05, 3.63) is 102 Å². The van der Waals surface area contributed by atoms with Crippen LogP contribution in [0.1, 0.15) is 11.1 Å². The van der Waals surface area contributed by atoms with Gasteiger partial charge in [0.25, 0.3) is 0 Å². The van der Waals surface area contributed by atoms with E-state index in [1.165, 1.54) is 60.2 Å². The lowest BCUT2D eigenvalue weighted by atomic mass is 10.0. The van der Waals surface area contributed by atoms with E-state index in [9.17, 15) is 0 Å². The van der Waals surface area contributed by atoms with Crippen LogP contribution in [0.4, 0.5) is 0 Å². The smallest absolute Gasteiger partial charge is 0.0618 e. The minimum absolute atomic E-state index is 1.26. The molecular weight excluding hydrogens is 350 g/mol. The van der Waals surface area contributed by atoms with E-state index in [4.69, 9.17) is 0 Å². The molecule has 138 valence electrons. The predicted molar refractivity (Wildman–Crippen MR) is 125 cm³/mol. The summed E-state index contributed by atoms with van der Waals surface area (Å²) < 4.78 is 2.47. The Bertz CT molecular complexity index is 1450. The van der Waals surface area contributed by atoms with Crippen molar-refractivity contribution in [3.8, 4) is 5.69 Å². The van der Waals surface area contributed by atoms with Crippen molar-refractivity contribution in [1.29, 1.82) is 0 Å². The Morgan fingerprint density at radius 2 is 0.966 bits per heavy atom. The molecule has 6 aromatic rings. The van der Waals surface area contributed by atoms with Gasteiger partial charge in [-0.05, 0) is 55.0 Å². The molecule has 0 spiro atoms. The summed E-state index contributed by atoms with van der Waals surface area (Å²) in [7, 11) is 0. The second kappa shape index (κ2) is 5.96. The first kappa shape index (κ1) is 16.4. The Morgan fingerprint density at radius 3 is 1.48 bits per heavy atom. The fourth-order valence-electron chi connectivity index (χ4n) is 4.72. The maximum Gasteiger partial charge on any atom is 0.0618 e. The molecule has 0 bridgehead atoms. The van der Waals surface area contributed by atoms with Crippen LogP contribution >= 0.6 is 0 Å². The average Bonchev–Trinajstić information content (AvgIpc) is 3.04. The zero-order chi connectivity index (χ0) is 19.5. The standard InChI is InChI=1S/C28H21N/c1-18-11-13-26-24(15-18)25-16-19(2)12-14-27(25)29(26)28-22-9-5-3-7-20(22)17-21-8-4-6-10-23(21)28/h3-17H,1-2H3. The van der Waals surface area contributed by atoms with Crippen LogP contribution in [0, 0.1) is 13.8 Å². The molecular formula is C28H21N. The second-order valence-electron chi connectivity index (χ2n) is 8.04. The maximum absolute atomic E-state index is 2.47. The minimum atomic E-state index is 1.26. The number of aromatic nitrogens is 1. The highest BCUT2D eigenvalue weighted by Gasteiger charge is 2.17. The summed E-state index contributed by atoms with van der Waals surface area (Å²) in [6.07, 6.45) is 0. The third-order valence-electron chi connectivity index (χ3n) is 6.04. The average molecular weight is 371 g/mol. The lowest BCUT2D eigenvalue weighted by Gasteiger charge is -2.15. The molecule has 6 rings (SSSR count). The van der Waals surface area contributed by atoms with Crippen LogP contribution < -0.4 is 0 Å². The fourth-order valence-corrected chi connectivity index (χ4v) is 4.72. The van der Waals surface area contributed by atoms with Crippen molar-refractivity contribution in [1.82, 2.24) is 4.57 Å². The van der Waals surface area contributed by atoms with Gasteiger partial charge in [0.15, 0.2) is 0 Å². The summed E-state index contributed by atoms with van der Waals surface area (Å²) >= 11 is 0. The van der Waals surface area contributed by atoms with Gasteiger partial charge < -0.3 is 4.57 Å². The normalized spacial score (nSPS) is 11.8. The highest BCUT2D eigenvalue weighted by Crippen LogP contribution is 2.39. The van der Waals surface area contributed by atoms with Crippen LogP contribution in [0.15, 0.2) is 91.0 Å². The molecule has 1 aromatic heterocycles. The molecule has 0 aliphatic heterocycles. The summed E-state index contributed by atoms with van der Waals surface area (Å²) in [6.45, 7) is 4.34. The fraction of sp³-hybridized carbons (Fsp3) is 0.0714. The van der Waals surface area contributed by atoms with Gasteiger partial charge in [-0.1, -0.05) is 71.8 Å². The van der Waals surface area contributed by atoms with Crippen molar-refractivity contribution < 1.29 is 0 Å². The van der Waals surface area contributed by atoms with Gasteiger partial charge in [-0.2, -0.15) is 0 Å². The number of benzene rings is 5. The molecule has 1 nitrogen and oxygen atoms in total. The topological polar surface area (TPSA) is 4.93 Å². The monoisotopic (exact) mass is 371 g/mol. The van der Waals surface area contributed by atoms with Crippen molar-refractivity contribution in [3.63, 3.8) is 0 Å². The van der Waals surface area contributed by atoms with Crippen LogP contribution in [0.25, 0.3) is 49.0 Å². The van der Waals surface area contributed by atoms with Crippen LogP contribution in [-0.2, 0) is 0 Å². The summed E-state index contributed by atoms with van der Waals surface area (Å²) in [4.78, 5) is 0. The van der Waals surface area contributed by atoms with Crippen LogP contribution in [0.2, 0.25) is 0 Å². The molecule has 0 amide bonds. The number of aryl methyl sites for hydroxylation is 2. The zero-order valence-corrected chi connectivity index (χ0v) is 16.6. The van der Waals surface area contributed by atoms with Crippen molar-refractivity contribution in [2.45, 2.75) is 13.8 Å². The minimum Gasteiger partial charge on any atom is -0.308 e. The Hall–Kier alpha value is -3.58. The van der Waals surface area contributed by atoms with Crippen LogP contribution in [-0.4, -0.2) is 4.57 Å². The Morgan fingerprint density at radius 1 is 0.483 bits per heavy atom. The second-order valence-corrected chi connectivity index (χ2v) is 8.04. The zero-order valence-electron chi connectivity index (χ0n) is 16.6. The highest BCUT2D eigenvalue weighted by molar-refractivity contribution is 6.15. The van der Waals surface area contributed by atoms with Gasteiger partial charge in [0.1, 0.15) is 0 Å². The van der Waals surface area contributed by atoms with Gasteiger partial charge in [-0.25, -0.2) is 0 Å². The van der Waals surface area contributed by atoms with E-state index < -0.39 is 0 Å². The lowest BCUT2D eigenvalue weighted by Crippen LogP contribution is -1.97. The van der Waals surface area contributed by atoms with Gasteiger partial charge >= 0.3 is 0 Å². The third-order valence-corrected chi connectivity index (χ3v) is 6.04. The third kappa shape index (κ3) is 2.34. The molecule has 1 heteroatoms. The first-order valence-electron chi connectivity index (χ1n) is 10.1. The molecule has 0 atom stereocenters. The molecule has 0 aliphatic carbocycles.